The van der Waals surface area contributed by atoms with Crippen molar-refractivity contribution >= 4 is 12.0 Å². The van der Waals surface area contributed by atoms with Crippen LogP contribution in [0, 0.1) is 11.3 Å². The van der Waals surface area contributed by atoms with Gasteiger partial charge in [0.05, 0.1) is 6.26 Å². The topological polar surface area (TPSA) is 66.0 Å². The fraction of sp³-hybridized carbons (Fsp3) is 0.385. The standard InChI is InChI=1S/C13H14N2O2/c14-9-10(8-12-6-3-7-17-12)13(16)15-11-4-1-2-5-11/h3,6-8,11H,1-2,4-5H2,(H,15,16)/b10-8-. The Morgan fingerprint density at radius 3 is 2.88 bits per heavy atom. The van der Waals surface area contributed by atoms with Crippen molar-refractivity contribution in [3.05, 3.63) is 29.7 Å². The first-order valence-electron chi connectivity index (χ1n) is 5.76. The number of nitrogens with one attached hydrogen (secondary N) is 1. The van der Waals surface area contributed by atoms with Crippen LogP contribution in [0.2, 0.25) is 0 Å². The lowest BCUT2D eigenvalue weighted by atomic mass is 10.2. The van der Waals surface area contributed by atoms with Crippen LogP contribution in [0.1, 0.15) is 31.4 Å². The maximum absolute atomic E-state index is 11.8. The van der Waals surface area contributed by atoms with E-state index in [4.69, 9.17) is 9.68 Å². The maximum atomic E-state index is 11.8. The van der Waals surface area contributed by atoms with Gasteiger partial charge < -0.3 is 9.73 Å². The molecule has 2 rings (SSSR count). The predicted molar refractivity (Wildman–Crippen MR) is 62.7 cm³/mol. The van der Waals surface area contributed by atoms with Gasteiger partial charge in [-0.05, 0) is 25.0 Å². The number of amides is 1. The number of carbonyl (C=O) groups excluding carboxylic acids is 1. The molecule has 1 aliphatic carbocycles. The van der Waals surface area contributed by atoms with Crippen LogP contribution in [0.4, 0.5) is 0 Å². The van der Waals surface area contributed by atoms with E-state index in [1.54, 1.807) is 12.1 Å². The lowest BCUT2D eigenvalue weighted by Crippen LogP contribution is -2.33. The number of nitrogens with zero attached hydrogens (tertiary/aromatic N) is 1. The molecular formula is C13H14N2O2. The summed E-state index contributed by atoms with van der Waals surface area (Å²) < 4.78 is 5.08. The van der Waals surface area contributed by atoms with Gasteiger partial charge in [-0.2, -0.15) is 5.26 Å². The van der Waals surface area contributed by atoms with Gasteiger partial charge in [0.15, 0.2) is 0 Å². The molecule has 0 unspecified atom stereocenters. The van der Waals surface area contributed by atoms with Crippen molar-refractivity contribution in [3.8, 4) is 6.07 Å². The summed E-state index contributed by atoms with van der Waals surface area (Å²) in [5.74, 6) is 0.207. The first kappa shape index (κ1) is 11.5. The van der Waals surface area contributed by atoms with Crippen LogP contribution >= 0.6 is 0 Å². The van der Waals surface area contributed by atoms with E-state index in [1.165, 1.54) is 12.3 Å². The molecule has 1 heterocycles. The van der Waals surface area contributed by atoms with Gasteiger partial charge in [0.2, 0.25) is 0 Å². The van der Waals surface area contributed by atoms with Gasteiger partial charge in [-0.25, -0.2) is 0 Å². The van der Waals surface area contributed by atoms with E-state index in [1.807, 2.05) is 6.07 Å². The SMILES string of the molecule is N#C/C(=C/c1ccco1)C(=O)NC1CCCC1. The Bertz CT molecular complexity index is 448. The number of hydrogen-bond acceptors (Lipinski definition) is 3. The number of furan rings is 1. The Hall–Kier alpha value is -2.02. The van der Waals surface area contributed by atoms with E-state index < -0.39 is 0 Å². The molecular weight excluding hydrogens is 216 g/mol. The van der Waals surface area contributed by atoms with Crippen molar-refractivity contribution in [2.24, 2.45) is 0 Å². The second kappa shape index (κ2) is 5.35. The summed E-state index contributed by atoms with van der Waals surface area (Å²) in [4.78, 5) is 11.8. The molecule has 4 heteroatoms. The van der Waals surface area contributed by atoms with E-state index in [-0.39, 0.29) is 17.5 Å². The summed E-state index contributed by atoms with van der Waals surface area (Å²) in [6.45, 7) is 0. The normalized spacial score (nSPS) is 16.8. The molecule has 1 aliphatic rings. The predicted octanol–water partition coefficient (Wildman–Crippen LogP) is 2.25. The van der Waals surface area contributed by atoms with Gasteiger partial charge in [-0.1, -0.05) is 12.8 Å². The molecule has 1 amide bonds. The van der Waals surface area contributed by atoms with Crippen molar-refractivity contribution < 1.29 is 9.21 Å². The summed E-state index contributed by atoms with van der Waals surface area (Å²) in [6.07, 6.45) is 7.28. The smallest absolute Gasteiger partial charge is 0.262 e. The van der Waals surface area contributed by atoms with Crippen molar-refractivity contribution in [2.45, 2.75) is 31.7 Å². The van der Waals surface area contributed by atoms with Crippen LogP contribution in [0.15, 0.2) is 28.4 Å². The number of carbonyl (C=O) groups is 1. The van der Waals surface area contributed by atoms with Gasteiger partial charge in [-0.15, -0.1) is 0 Å². The van der Waals surface area contributed by atoms with Gasteiger partial charge >= 0.3 is 0 Å². The molecule has 0 aromatic carbocycles. The summed E-state index contributed by atoms with van der Waals surface area (Å²) in [7, 11) is 0. The van der Waals surface area contributed by atoms with Crippen LogP contribution < -0.4 is 5.32 Å². The summed E-state index contributed by atoms with van der Waals surface area (Å²) in [6, 6.07) is 5.55. The monoisotopic (exact) mass is 230 g/mol. The van der Waals surface area contributed by atoms with Crippen LogP contribution in [-0.2, 0) is 4.79 Å². The first-order valence-corrected chi connectivity index (χ1v) is 5.76. The number of hydrogen-bond donors (Lipinski definition) is 1. The van der Waals surface area contributed by atoms with Crippen LogP contribution in [-0.4, -0.2) is 11.9 Å². The van der Waals surface area contributed by atoms with Gasteiger partial charge in [0.1, 0.15) is 17.4 Å². The minimum atomic E-state index is -0.309. The van der Waals surface area contributed by atoms with E-state index in [0.717, 1.165) is 25.7 Å². The van der Waals surface area contributed by atoms with E-state index in [2.05, 4.69) is 5.32 Å². The average molecular weight is 230 g/mol. The zero-order valence-corrected chi connectivity index (χ0v) is 9.48. The van der Waals surface area contributed by atoms with Crippen molar-refractivity contribution in [1.82, 2.24) is 5.32 Å². The van der Waals surface area contributed by atoms with Crippen molar-refractivity contribution in [1.29, 1.82) is 5.26 Å². The molecule has 0 bridgehead atoms. The highest BCUT2D eigenvalue weighted by Crippen LogP contribution is 2.18. The quantitative estimate of drug-likeness (QED) is 0.639. The molecule has 1 saturated carbocycles. The zero-order chi connectivity index (χ0) is 12.1. The Kier molecular flexibility index (Phi) is 3.61. The third-order valence-corrected chi connectivity index (χ3v) is 2.89. The molecule has 4 nitrogen and oxygen atoms in total. The highest BCUT2D eigenvalue weighted by molar-refractivity contribution is 6.01. The fourth-order valence-electron chi connectivity index (χ4n) is 2.00. The number of rotatable bonds is 3. The molecule has 0 spiro atoms. The Morgan fingerprint density at radius 1 is 1.53 bits per heavy atom. The second-order valence-electron chi connectivity index (χ2n) is 4.14. The zero-order valence-electron chi connectivity index (χ0n) is 9.48. The summed E-state index contributed by atoms with van der Waals surface area (Å²) >= 11 is 0. The van der Waals surface area contributed by atoms with E-state index >= 15 is 0 Å². The third kappa shape index (κ3) is 2.97. The third-order valence-electron chi connectivity index (χ3n) is 2.89. The van der Waals surface area contributed by atoms with Crippen molar-refractivity contribution in [2.75, 3.05) is 0 Å². The molecule has 0 aliphatic heterocycles. The average Bonchev–Trinajstić information content (AvgIpc) is 2.97. The molecule has 0 radical (unpaired) electrons. The second-order valence-corrected chi connectivity index (χ2v) is 4.14. The lowest BCUT2D eigenvalue weighted by molar-refractivity contribution is -0.117. The Labute approximate surface area is 99.9 Å². The minimum Gasteiger partial charge on any atom is -0.465 e. The van der Waals surface area contributed by atoms with Gasteiger partial charge in [-0.3, -0.25) is 4.79 Å². The van der Waals surface area contributed by atoms with Crippen LogP contribution in [0.3, 0.4) is 0 Å². The maximum Gasteiger partial charge on any atom is 0.262 e. The summed E-state index contributed by atoms with van der Waals surface area (Å²) in [5, 5.41) is 11.8. The van der Waals surface area contributed by atoms with Crippen LogP contribution in [0.5, 0.6) is 0 Å². The number of nitriles is 1. The lowest BCUT2D eigenvalue weighted by Gasteiger charge is -2.10. The Balaban J connectivity index is 2.03. The largest absolute Gasteiger partial charge is 0.465 e. The fourth-order valence-corrected chi connectivity index (χ4v) is 2.00. The Morgan fingerprint density at radius 2 is 2.29 bits per heavy atom. The van der Waals surface area contributed by atoms with Crippen LogP contribution in [0.25, 0.3) is 6.08 Å². The highest BCUT2D eigenvalue weighted by atomic mass is 16.3. The van der Waals surface area contributed by atoms with Crippen molar-refractivity contribution in [3.63, 3.8) is 0 Å². The molecule has 1 N–H and O–H groups in total. The molecule has 0 saturated heterocycles. The highest BCUT2D eigenvalue weighted by Gasteiger charge is 2.19. The molecule has 1 aromatic heterocycles. The summed E-state index contributed by atoms with van der Waals surface area (Å²) in [5.41, 5.74) is 0.0897. The van der Waals surface area contributed by atoms with E-state index in [0.29, 0.717) is 5.76 Å². The molecule has 1 fully saturated rings. The molecule has 1 aromatic rings. The molecule has 88 valence electrons. The first-order chi connectivity index (χ1) is 8.29. The van der Waals surface area contributed by atoms with Gasteiger partial charge in [0, 0.05) is 12.1 Å². The van der Waals surface area contributed by atoms with Gasteiger partial charge in [0.25, 0.3) is 5.91 Å². The molecule has 17 heavy (non-hydrogen) atoms. The minimum absolute atomic E-state index is 0.0897. The van der Waals surface area contributed by atoms with E-state index in [9.17, 15) is 4.79 Å². The molecule has 0 atom stereocenters.